The summed E-state index contributed by atoms with van der Waals surface area (Å²) in [6, 6.07) is 4.04. The predicted molar refractivity (Wildman–Crippen MR) is 58.7 cm³/mol. The van der Waals surface area contributed by atoms with Crippen molar-refractivity contribution < 1.29 is 9.90 Å². The molecule has 2 aromatic rings. The third-order valence-corrected chi connectivity index (χ3v) is 2.45. The maximum atomic E-state index is 10.5. The number of carboxylic acid groups (broad SMARTS) is 1. The molecular formula is C11H13N3O2. The Morgan fingerprint density at radius 1 is 1.38 bits per heavy atom. The fourth-order valence-electron chi connectivity index (χ4n) is 1.77. The second-order valence-electron chi connectivity index (χ2n) is 3.74. The Kier molecular flexibility index (Phi) is 2.52. The summed E-state index contributed by atoms with van der Waals surface area (Å²) in [5.41, 5.74) is 3.10. The number of carboxylic acids is 1. The number of nitrogens with zero attached hydrogens (tertiary/aromatic N) is 3. The summed E-state index contributed by atoms with van der Waals surface area (Å²) < 4.78 is 3.45. The van der Waals surface area contributed by atoms with Crippen LogP contribution in [-0.4, -0.2) is 25.4 Å². The van der Waals surface area contributed by atoms with Crippen LogP contribution < -0.4 is 0 Å². The molecule has 0 bridgehead atoms. The number of aromatic nitrogens is 3. The zero-order valence-corrected chi connectivity index (χ0v) is 9.21. The number of aliphatic carboxylic acids is 1. The van der Waals surface area contributed by atoms with Gasteiger partial charge in [0.05, 0.1) is 11.9 Å². The molecule has 0 spiro atoms. The van der Waals surface area contributed by atoms with Crippen molar-refractivity contribution in [3.8, 4) is 5.69 Å². The Bertz CT molecular complexity index is 506. The molecule has 16 heavy (non-hydrogen) atoms. The topological polar surface area (TPSA) is 60.0 Å². The summed E-state index contributed by atoms with van der Waals surface area (Å²) in [5, 5.41) is 12.7. The molecular weight excluding hydrogens is 206 g/mol. The maximum absolute atomic E-state index is 10.5. The van der Waals surface area contributed by atoms with E-state index in [1.165, 1.54) is 4.68 Å². The van der Waals surface area contributed by atoms with Gasteiger partial charge in [-0.3, -0.25) is 9.48 Å². The van der Waals surface area contributed by atoms with Crippen LogP contribution in [0.1, 0.15) is 11.4 Å². The molecule has 84 valence electrons. The van der Waals surface area contributed by atoms with Gasteiger partial charge < -0.3 is 9.67 Å². The van der Waals surface area contributed by atoms with Crippen LogP contribution in [0, 0.1) is 13.8 Å². The lowest BCUT2D eigenvalue weighted by atomic mass is 10.4. The van der Waals surface area contributed by atoms with Crippen LogP contribution in [0.2, 0.25) is 0 Å². The first-order valence-corrected chi connectivity index (χ1v) is 4.97. The lowest BCUT2D eigenvalue weighted by Crippen LogP contribution is -2.08. The highest BCUT2D eigenvalue weighted by Gasteiger charge is 2.07. The molecule has 0 aliphatic heterocycles. The van der Waals surface area contributed by atoms with E-state index in [9.17, 15) is 4.79 Å². The summed E-state index contributed by atoms with van der Waals surface area (Å²) >= 11 is 0. The summed E-state index contributed by atoms with van der Waals surface area (Å²) in [6.45, 7) is 3.89. The zero-order valence-electron chi connectivity index (χ0n) is 9.21. The number of hydrogen-bond acceptors (Lipinski definition) is 2. The van der Waals surface area contributed by atoms with Crippen LogP contribution in [0.3, 0.4) is 0 Å². The quantitative estimate of drug-likeness (QED) is 0.848. The van der Waals surface area contributed by atoms with Crippen molar-refractivity contribution in [2.75, 3.05) is 0 Å². The van der Waals surface area contributed by atoms with E-state index >= 15 is 0 Å². The van der Waals surface area contributed by atoms with Crippen LogP contribution in [-0.2, 0) is 11.3 Å². The molecule has 1 N–H and O–H groups in total. The Morgan fingerprint density at radius 3 is 2.56 bits per heavy atom. The molecule has 0 saturated heterocycles. The zero-order chi connectivity index (χ0) is 11.7. The molecule has 0 atom stereocenters. The van der Waals surface area contributed by atoms with Gasteiger partial charge in [-0.25, -0.2) is 0 Å². The van der Waals surface area contributed by atoms with Crippen molar-refractivity contribution in [1.29, 1.82) is 0 Å². The Morgan fingerprint density at radius 2 is 2.00 bits per heavy atom. The fraction of sp³-hybridized carbons (Fsp3) is 0.273. The third-order valence-electron chi connectivity index (χ3n) is 2.45. The predicted octanol–water partition coefficient (Wildman–Crippen LogP) is 1.38. The van der Waals surface area contributed by atoms with Crippen molar-refractivity contribution in [3.63, 3.8) is 0 Å². The van der Waals surface area contributed by atoms with Crippen LogP contribution in [0.25, 0.3) is 5.69 Å². The van der Waals surface area contributed by atoms with E-state index in [1.807, 2.05) is 30.5 Å². The first kappa shape index (κ1) is 10.5. The minimum atomic E-state index is -0.893. The molecule has 5 heteroatoms. The molecule has 0 aliphatic carbocycles. The normalized spacial score (nSPS) is 10.6. The van der Waals surface area contributed by atoms with Crippen LogP contribution >= 0.6 is 0 Å². The van der Waals surface area contributed by atoms with E-state index in [-0.39, 0.29) is 6.54 Å². The lowest BCUT2D eigenvalue weighted by molar-refractivity contribution is -0.137. The Balaban J connectivity index is 2.35. The van der Waals surface area contributed by atoms with Gasteiger partial charge >= 0.3 is 5.97 Å². The minimum Gasteiger partial charge on any atom is -0.480 e. The van der Waals surface area contributed by atoms with Gasteiger partial charge in [0.1, 0.15) is 6.54 Å². The third kappa shape index (κ3) is 1.84. The summed E-state index contributed by atoms with van der Waals surface area (Å²) in [4.78, 5) is 10.5. The van der Waals surface area contributed by atoms with Crippen molar-refractivity contribution >= 4 is 5.97 Å². The molecule has 0 unspecified atom stereocenters. The van der Waals surface area contributed by atoms with Gasteiger partial charge in [-0.2, -0.15) is 5.10 Å². The van der Waals surface area contributed by atoms with Crippen LogP contribution in [0.5, 0.6) is 0 Å². The first-order valence-electron chi connectivity index (χ1n) is 4.97. The van der Waals surface area contributed by atoms with Gasteiger partial charge in [-0.15, -0.1) is 0 Å². The van der Waals surface area contributed by atoms with Crippen LogP contribution in [0.15, 0.2) is 24.5 Å². The molecule has 2 aromatic heterocycles. The molecule has 2 heterocycles. The van der Waals surface area contributed by atoms with Crippen molar-refractivity contribution in [3.05, 3.63) is 35.9 Å². The van der Waals surface area contributed by atoms with Gasteiger partial charge in [-0.1, -0.05) is 0 Å². The molecule has 0 aliphatic rings. The minimum absolute atomic E-state index is 0.112. The summed E-state index contributed by atoms with van der Waals surface area (Å²) in [6.07, 6.45) is 3.40. The fourth-order valence-corrected chi connectivity index (χ4v) is 1.77. The molecule has 0 saturated carbocycles. The number of rotatable bonds is 3. The maximum Gasteiger partial charge on any atom is 0.325 e. The molecule has 2 rings (SSSR count). The number of hydrogen-bond donors (Lipinski definition) is 1. The Hall–Kier alpha value is -2.04. The number of carbonyl (C=O) groups is 1. The van der Waals surface area contributed by atoms with Crippen LogP contribution in [0.4, 0.5) is 0 Å². The van der Waals surface area contributed by atoms with Crippen molar-refractivity contribution in [1.82, 2.24) is 14.3 Å². The highest BCUT2D eigenvalue weighted by molar-refractivity contribution is 5.66. The Labute approximate surface area is 92.9 Å². The smallest absolute Gasteiger partial charge is 0.325 e. The van der Waals surface area contributed by atoms with Crippen molar-refractivity contribution in [2.45, 2.75) is 20.4 Å². The molecule has 0 amide bonds. The van der Waals surface area contributed by atoms with E-state index in [4.69, 9.17) is 5.11 Å². The second kappa shape index (κ2) is 3.84. The first-order chi connectivity index (χ1) is 7.58. The van der Waals surface area contributed by atoms with E-state index in [1.54, 1.807) is 12.4 Å². The van der Waals surface area contributed by atoms with Crippen molar-refractivity contribution in [2.24, 2.45) is 0 Å². The van der Waals surface area contributed by atoms with E-state index in [0.29, 0.717) is 0 Å². The standard InChI is InChI=1S/C11H13N3O2/c1-8-3-4-9(2)14(8)10-5-12-13(6-10)7-11(15)16/h3-6H,7H2,1-2H3,(H,15,16). The van der Waals surface area contributed by atoms with E-state index in [2.05, 4.69) is 5.10 Å². The second-order valence-corrected chi connectivity index (χ2v) is 3.74. The molecule has 0 fully saturated rings. The van der Waals surface area contributed by atoms with Gasteiger partial charge in [0.15, 0.2) is 0 Å². The highest BCUT2D eigenvalue weighted by Crippen LogP contribution is 2.15. The lowest BCUT2D eigenvalue weighted by Gasteiger charge is -2.04. The molecule has 0 radical (unpaired) electrons. The van der Waals surface area contributed by atoms with E-state index < -0.39 is 5.97 Å². The average molecular weight is 219 g/mol. The van der Waals surface area contributed by atoms with Gasteiger partial charge in [-0.05, 0) is 26.0 Å². The monoisotopic (exact) mass is 219 g/mol. The van der Waals surface area contributed by atoms with Gasteiger partial charge in [0, 0.05) is 17.6 Å². The number of aryl methyl sites for hydroxylation is 2. The summed E-state index contributed by atoms with van der Waals surface area (Å²) in [5.74, 6) is -0.893. The SMILES string of the molecule is Cc1ccc(C)n1-c1cnn(CC(=O)O)c1. The summed E-state index contributed by atoms with van der Waals surface area (Å²) in [7, 11) is 0. The van der Waals surface area contributed by atoms with Gasteiger partial charge in [0.25, 0.3) is 0 Å². The van der Waals surface area contributed by atoms with E-state index in [0.717, 1.165) is 17.1 Å². The molecule has 0 aromatic carbocycles. The average Bonchev–Trinajstić information content (AvgIpc) is 2.73. The molecule has 5 nitrogen and oxygen atoms in total. The van der Waals surface area contributed by atoms with Gasteiger partial charge in [0.2, 0.25) is 0 Å². The largest absolute Gasteiger partial charge is 0.480 e. The highest BCUT2D eigenvalue weighted by atomic mass is 16.4.